The number of hydrogen-bond acceptors (Lipinski definition) is 5. The standard InChI is InChI=1S/C12H16ClN3O4/c1-19-4-5-20-7-11(17)15-10-6-8(13)2-3-9(10)12(14)16-18/h2-3,6,18H,4-5,7H2,1H3,(H2,14,16)(H,15,17). The van der Waals surface area contributed by atoms with Gasteiger partial charge < -0.3 is 25.7 Å². The molecule has 0 bridgehead atoms. The van der Waals surface area contributed by atoms with Gasteiger partial charge in [-0.05, 0) is 18.2 Å². The van der Waals surface area contributed by atoms with Gasteiger partial charge in [0.05, 0.1) is 18.9 Å². The molecule has 0 radical (unpaired) electrons. The largest absolute Gasteiger partial charge is 0.409 e. The summed E-state index contributed by atoms with van der Waals surface area (Å²) < 4.78 is 9.87. The molecule has 0 saturated heterocycles. The Kier molecular flexibility index (Phi) is 6.78. The van der Waals surface area contributed by atoms with Crippen LogP contribution in [0.25, 0.3) is 0 Å². The van der Waals surface area contributed by atoms with Crippen molar-refractivity contribution < 1.29 is 19.5 Å². The Labute approximate surface area is 121 Å². The molecule has 8 heteroatoms. The molecule has 0 aliphatic heterocycles. The van der Waals surface area contributed by atoms with Gasteiger partial charge in [0.25, 0.3) is 0 Å². The number of amidine groups is 1. The lowest BCUT2D eigenvalue weighted by Gasteiger charge is -2.11. The Morgan fingerprint density at radius 1 is 1.50 bits per heavy atom. The first-order valence-corrected chi connectivity index (χ1v) is 6.10. The van der Waals surface area contributed by atoms with Crippen LogP contribution in [0.5, 0.6) is 0 Å². The van der Waals surface area contributed by atoms with E-state index in [0.717, 1.165) is 0 Å². The van der Waals surface area contributed by atoms with E-state index in [1.54, 1.807) is 19.2 Å². The molecular formula is C12H16ClN3O4. The zero-order valence-corrected chi connectivity index (χ0v) is 11.7. The second kappa shape index (κ2) is 8.36. The average Bonchev–Trinajstić information content (AvgIpc) is 2.43. The smallest absolute Gasteiger partial charge is 0.250 e. The lowest BCUT2D eigenvalue weighted by Crippen LogP contribution is -2.22. The molecule has 0 atom stereocenters. The molecule has 4 N–H and O–H groups in total. The van der Waals surface area contributed by atoms with E-state index in [-0.39, 0.29) is 18.3 Å². The number of nitrogens with one attached hydrogen (secondary N) is 1. The predicted octanol–water partition coefficient (Wildman–Crippen LogP) is 1.04. The summed E-state index contributed by atoms with van der Waals surface area (Å²) in [5.74, 6) is -0.507. The highest BCUT2D eigenvalue weighted by molar-refractivity contribution is 6.31. The molecule has 0 unspecified atom stereocenters. The van der Waals surface area contributed by atoms with E-state index < -0.39 is 0 Å². The summed E-state index contributed by atoms with van der Waals surface area (Å²) in [6.07, 6.45) is 0. The van der Waals surface area contributed by atoms with Crippen molar-refractivity contribution in [1.82, 2.24) is 0 Å². The monoisotopic (exact) mass is 301 g/mol. The Hall–Kier alpha value is -1.83. The molecule has 1 rings (SSSR count). The van der Waals surface area contributed by atoms with Crippen molar-refractivity contribution in [2.75, 3.05) is 32.2 Å². The molecule has 1 aromatic rings. The molecule has 0 saturated carbocycles. The molecule has 1 amide bonds. The number of carbonyl (C=O) groups excluding carboxylic acids is 1. The minimum atomic E-state index is -0.379. The Morgan fingerprint density at radius 3 is 2.90 bits per heavy atom. The fraction of sp³-hybridized carbons (Fsp3) is 0.333. The van der Waals surface area contributed by atoms with Crippen LogP contribution in [0, 0.1) is 0 Å². The molecule has 110 valence electrons. The maximum atomic E-state index is 11.7. The summed E-state index contributed by atoms with van der Waals surface area (Å²) in [5.41, 5.74) is 6.22. The van der Waals surface area contributed by atoms with Crippen LogP contribution < -0.4 is 11.1 Å². The Morgan fingerprint density at radius 2 is 2.25 bits per heavy atom. The summed E-state index contributed by atoms with van der Waals surface area (Å²) in [5, 5.41) is 14.6. The van der Waals surface area contributed by atoms with Gasteiger partial charge in [0.15, 0.2) is 5.84 Å². The summed E-state index contributed by atoms with van der Waals surface area (Å²) in [6.45, 7) is 0.581. The van der Waals surface area contributed by atoms with Crippen LogP contribution in [0.2, 0.25) is 5.02 Å². The van der Waals surface area contributed by atoms with E-state index in [9.17, 15) is 4.79 Å². The number of amides is 1. The summed E-state index contributed by atoms with van der Waals surface area (Å²) in [7, 11) is 1.54. The zero-order valence-electron chi connectivity index (χ0n) is 10.9. The highest BCUT2D eigenvalue weighted by atomic mass is 35.5. The van der Waals surface area contributed by atoms with Gasteiger partial charge in [0.2, 0.25) is 5.91 Å². The van der Waals surface area contributed by atoms with Crippen molar-refractivity contribution in [1.29, 1.82) is 0 Å². The lowest BCUT2D eigenvalue weighted by molar-refractivity contribution is -0.121. The van der Waals surface area contributed by atoms with Crippen LogP contribution in [0.4, 0.5) is 5.69 Å². The van der Waals surface area contributed by atoms with Gasteiger partial charge in [0.1, 0.15) is 6.61 Å². The highest BCUT2D eigenvalue weighted by Gasteiger charge is 2.11. The van der Waals surface area contributed by atoms with Crippen LogP contribution >= 0.6 is 11.6 Å². The van der Waals surface area contributed by atoms with Gasteiger partial charge in [-0.1, -0.05) is 16.8 Å². The number of anilines is 1. The maximum absolute atomic E-state index is 11.7. The molecule has 1 aromatic carbocycles. The number of rotatable bonds is 7. The maximum Gasteiger partial charge on any atom is 0.250 e. The quantitative estimate of drug-likeness (QED) is 0.229. The van der Waals surface area contributed by atoms with Gasteiger partial charge in [-0.25, -0.2) is 0 Å². The first-order valence-electron chi connectivity index (χ1n) is 5.72. The van der Waals surface area contributed by atoms with Crippen molar-refractivity contribution >= 4 is 29.0 Å². The Bertz CT molecular complexity index is 494. The molecule has 20 heavy (non-hydrogen) atoms. The number of halogens is 1. The molecule has 0 fully saturated rings. The van der Waals surface area contributed by atoms with E-state index in [1.807, 2.05) is 0 Å². The number of nitrogens with zero attached hydrogens (tertiary/aromatic N) is 1. The SMILES string of the molecule is COCCOCC(=O)Nc1cc(Cl)ccc1/C(N)=N/O. The van der Waals surface area contributed by atoms with E-state index >= 15 is 0 Å². The molecule has 0 spiro atoms. The van der Waals surface area contributed by atoms with Crippen molar-refractivity contribution in [3.8, 4) is 0 Å². The van der Waals surface area contributed by atoms with Crippen molar-refractivity contribution in [3.63, 3.8) is 0 Å². The number of carbonyl (C=O) groups is 1. The van der Waals surface area contributed by atoms with Gasteiger partial charge in [-0.3, -0.25) is 4.79 Å². The number of ether oxygens (including phenoxy) is 2. The van der Waals surface area contributed by atoms with Crippen molar-refractivity contribution in [2.24, 2.45) is 10.9 Å². The number of benzene rings is 1. The molecular weight excluding hydrogens is 286 g/mol. The minimum absolute atomic E-state index is 0.128. The first-order chi connectivity index (χ1) is 9.58. The minimum Gasteiger partial charge on any atom is -0.409 e. The number of nitrogens with two attached hydrogens (primary N) is 1. The van der Waals surface area contributed by atoms with E-state index in [1.165, 1.54) is 6.07 Å². The van der Waals surface area contributed by atoms with Crippen LogP contribution in [-0.4, -0.2) is 43.9 Å². The fourth-order valence-electron chi connectivity index (χ4n) is 1.39. The zero-order chi connectivity index (χ0) is 15.0. The van der Waals surface area contributed by atoms with Crippen LogP contribution in [-0.2, 0) is 14.3 Å². The Balaban J connectivity index is 2.70. The summed E-state index contributed by atoms with van der Waals surface area (Å²) >= 11 is 5.85. The molecule has 7 nitrogen and oxygen atoms in total. The second-order valence-electron chi connectivity index (χ2n) is 3.77. The molecule has 0 aliphatic carbocycles. The fourth-order valence-corrected chi connectivity index (χ4v) is 1.56. The predicted molar refractivity (Wildman–Crippen MR) is 75.3 cm³/mol. The molecule has 0 aliphatic rings. The third-order valence-electron chi connectivity index (χ3n) is 2.30. The van der Waals surface area contributed by atoms with Crippen LogP contribution in [0.1, 0.15) is 5.56 Å². The summed E-state index contributed by atoms with van der Waals surface area (Å²) in [4.78, 5) is 11.7. The van der Waals surface area contributed by atoms with E-state index in [4.69, 9.17) is 32.0 Å². The first kappa shape index (κ1) is 16.2. The van der Waals surface area contributed by atoms with Gasteiger partial charge in [-0.2, -0.15) is 0 Å². The topological polar surface area (TPSA) is 106 Å². The van der Waals surface area contributed by atoms with Gasteiger partial charge >= 0.3 is 0 Å². The van der Waals surface area contributed by atoms with Crippen LogP contribution in [0.3, 0.4) is 0 Å². The van der Waals surface area contributed by atoms with E-state index in [2.05, 4.69) is 10.5 Å². The molecule has 0 heterocycles. The number of oxime groups is 1. The third-order valence-corrected chi connectivity index (χ3v) is 2.54. The van der Waals surface area contributed by atoms with E-state index in [0.29, 0.717) is 29.5 Å². The average molecular weight is 302 g/mol. The van der Waals surface area contributed by atoms with Crippen molar-refractivity contribution in [3.05, 3.63) is 28.8 Å². The number of methoxy groups -OCH3 is 1. The summed E-state index contributed by atoms with van der Waals surface area (Å²) in [6, 6.07) is 4.61. The third kappa shape index (κ3) is 5.04. The normalized spacial score (nSPS) is 11.4. The lowest BCUT2D eigenvalue weighted by atomic mass is 10.1. The number of hydrogen-bond donors (Lipinski definition) is 3. The van der Waals surface area contributed by atoms with Crippen molar-refractivity contribution in [2.45, 2.75) is 0 Å². The van der Waals surface area contributed by atoms with Gasteiger partial charge in [-0.15, -0.1) is 0 Å². The molecule has 0 aromatic heterocycles. The highest BCUT2D eigenvalue weighted by Crippen LogP contribution is 2.21. The van der Waals surface area contributed by atoms with Gasteiger partial charge in [0, 0.05) is 17.7 Å². The van der Waals surface area contributed by atoms with Crippen LogP contribution in [0.15, 0.2) is 23.4 Å². The second-order valence-corrected chi connectivity index (χ2v) is 4.21.